The highest BCUT2D eigenvalue weighted by molar-refractivity contribution is 9.11. The predicted octanol–water partition coefficient (Wildman–Crippen LogP) is 2.70. The molecule has 18 heavy (non-hydrogen) atoms. The first kappa shape index (κ1) is 13.7. The van der Waals surface area contributed by atoms with Crippen LogP contribution in [-0.4, -0.2) is 19.1 Å². The van der Waals surface area contributed by atoms with E-state index in [0.29, 0.717) is 17.4 Å². The molecule has 1 aliphatic rings. The molecule has 98 valence electrons. The van der Waals surface area contributed by atoms with Gasteiger partial charge in [0.05, 0.1) is 8.95 Å². The Kier molecular flexibility index (Phi) is 4.50. The summed E-state index contributed by atoms with van der Waals surface area (Å²) in [6, 6.07) is 3.48. The van der Waals surface area contributed by atoms with Crippen molar-refractivity contribution in [3.05, 3.63) is 21.1 Å². The zero-order valence-electron chi connectivity index (χ0n) is 9.71. The number of amides is 1. The van der Waals surface area contributed by atoms with Gasteiger partial charge in [-0.1, -0.05) is 0 Å². The van der Waals surface area contributed by atoms with Crippen molar-refractivity contribution in [2.24, 2.45) is 5.92 Å². The zero-order valence-corrected chi connectivity index (χ0v) is 12.9. The van der Waals surface area contributed by atoms with Crippen LogP contribution in [0.3, 0.4) is 0 Å². The third kappa shape index (κ3) is 3.88. The summed E-state index contributed by atoms with van der Waals surface area (Å²) in [6.45, 7) is 0.764. The van der Waals surface area contributed by atoms with Crippen molar-refractivity contribution in [2.75, 3.05) is 18.9 Å². The minimum Gasteiger partial charge on any atom is -0.481 e. The minimum absolute atomic E-state index is 0.00778. The molecule has 1 amide bonds. The van der Waals surface area contributed by atoms with Crippen LogP contribution in [0, 0.1) is 5.92 Å². The van der Waals surface area contributed by atoms with Gasteiger partial charge in [-0.3, -0.25) is 4.79 Å². The third-order valence-corrected chi connectivity index (χ3v) is 3.83. The van der Waals surface area contributed by atoms with Gasteiger partial charge in [0.1, 0.15) is 5.75 Å². The number of nitrogens with one attached hydrogen (secondary N) is 1. The van der Waals surface area contributed by atoms with Gasteiger partial charge in [-0.05, 0) is 62.8 Å². The number of benzene rings is 1. The number of carbonyl (C=O) groups excluding carboxylic acids is 1. The van der Waals surface area contributed by atoms with Gasteiger partial charge in [0, 0.05) is 12.2 Å². The van der Waals surface area contributed by atoms with Crippen LogP contribution < -0.4 is 15.8 Å². The molecule has 0 saturated heterocycles. The number of hydrogen-bond acceptors (Lipinski definition) is 3. The number of nitrogen functional groups attached to an aromatic ring is 1. The lowest BCUT2D eigenvalue weighted by Crippen LogP contribution is -2.30. The van der Waals surface area contributed by atoms with Gasteiger partial charge in [0.15, 0.2) is 6.61 Å². The van der Waals surface area contributed by atoms with E-state index >= 15 is 0 Å². The van der Waals surface area contributed by atoms with Crippen molar-refractivity contribution in [1.82, 2.24) is 5.32 Å². The molecule has 0 unspecified atom stereocenters. The molecule has 3 N–H and O–H groups in total. The van der Waals surface area contributed by atoms with Gasteiger partial charge in [-0.25, -0.2) is 0 Å². The van der Waals surface area contributed by atoms with Crippen LogP contribution in [0.4, 0.5) is 5.69 Å². The second-order valence-corrected chi connectivity index (χ2v) is 6.06. The van der Waals surface area contributed by atoms with Crippen molar-refractivity contribution >= 4 is 43.5 Å². The molecule has 0 aliphatic heterocycles. The third-order valence-electron chi connectivity index (χ3n) is 2.65. The Balaban J connectivity index is 1.86. The van der Waals surface area contributed by atoms with Gasteiger partial charge in [0.2, 0.25) is 0 Å². The molecule has 1 aliphatic carbocycles. The van der Waals surface area contributed by atoms with E-state index in [1.54, 1.807) is 12.1 Å². The smallest absolute Gasteiger partial charge is 0.257 e. The molecule has 4 nitrogen and oxygen atoms in total. The van der Waals surface area contributed by atoms with Crippen molar-refractivity contribution in [2.45, 2.75) is 12.8 Å². The van der Waals surface area contributed by atoms with Gasteiger partial charge >= 0.3 is 0 Å². The summed E-state index contributed by atoms with van der Waals surface area (Å²) in [6.07, 6.45) is 2.44. The van der Waals surface area contributed by atoms with Crippen LogP contribution in [0.2, 0.25) is 0 Å². The van der Waals surface area contributed by atoms with Crippen molar-refractivity contribution in [3.8, 4) is 5.75 Å². The molecule has 1 saturated carbocycles. The summed E-state index contributed by atoms with van der Waals surface area (Å²) >= 11 is 6.71. The first-order valence-electron chi connectivity index (χ1n) is 5.70. The highest BCUT2D eigenvalue weighted by Crippen LogP contribution is 2.35. The van der Waals surface area contributed by atoms with E-state index in [-0.39, 0.29) is 12.5 Å². The van der Waals surface area contributed by atoms with Crippen LogP contribution in [0.25, 0.3) is 0 Å². The maximum atomic E-state index is 11.5. The monoisotopic (exact) mass is 376 g/mol. The summed E-state index contributed by atoms with van der Waals surface area (Å²) in [5, 5.41) is 2.85. The van der Waals surface area contributed by atoms with Crippen LogP contribution in [0.5, 0.6) is 5.75 Å². The lowest BCUT2D eigenvalue weighted by molar-refractivity contribution is -0.123. The van der Waals surface area contributed by atoms with Gasteiger partial charge in [-0.15, -0.1) is 0 Å². The molecule has 2 rings (SSSR count). The molecule has 0 heterocycles. The van der Waals surface area contributed by atoms with Gasteiger partial charge in [0.25, 0.3) is 5.91 Å². The van der Waals surface area contributed by atoms with Crippen molar-refractivity contribution in [3.63, 3.8) is 0 Å². The maximum Gasteiger partial charge on any atom is 0.257 e. The van der Waals surface area contributed by atoms with E-state index in [1.807, 2.05) is 0 Å². The average molecular weight is 378 g/mol. The SMILES string of the molecule is Nc1cc(Br)c(OCC(=O)NCC2CC2)c(Br)c1. The molecule has 1 aromatic rings. The van der Waals surface area contributed by atoms with E-state index in [4.69, 9.17) is 10.5 Å². The fraction of sp³-hybridized carbons (Fsp3) is 0.417. The van der Waals surface area contributed by atoms with Crippen molar-refractivity contribution < 1.29 is 9.53 Å². The quantitative estimate of drug-likeness (QED) is 0.775. The Morgan fingerprint density at radius 2 is 2.00 bits per heavy atom. The lowest BCUT2D eigenvalue weighted by Gasteiger charge is -2.11. The first-order valence-corrected chi connectivity index (χ1v) is 7.29. The average Bonchev–Trinajstić information content (AvgIpc) is 3.08. The molecular formula is C12H14Br2N2O2. The van der Waals surface area contributed by atoms with E-state index in [2.05, 4.69) is 37.2 Å². The number of nitrogens with two attached hydrogens (primary N) is 1. The summed E-state index contributed by atoms with van der Waals surface area (Å²) < 4.78 is 6.93. The Morgan fingerprint density at radius 3 is 2.56 bits per heavy atom. The van der Waals surface area contributed by atoms with Crippen molar-refractivity contribution in [1.29, 1.82) is 0 Å². The van der Waals surface area contributed by atoms with Crippen LogP contribution >= 0.6 is 31.9 Å². The fourth-order valence-corrected chi connectivity index (χ4v) is 2.94. The molecule has 0 radical (unpaired) electrons. The fourth-order valence-electron chi connectivity index (χ4n) is 1.49. The van der Waals surface area contributed by atoms with Crippen LogP contribution in [-0.2, 0) is 4.79 Å². The highest BCUT2D eigenvalue weighted by atomic mass is 79.9. The Bertz CT molecular complexity index is 438. The zero-order chi connectivity index (χ0) is 13.1. The number of carbonyl (C=O) groups is 1. The molecular weight excluding hydrogens is 364 g/mol. The van der Waals surface area contributed by atoms with E-state index in [0.717, 1.165) is 15.5 Å². The predicted molar refractivity (Wildman–Crippen MR) is 77.5 cm³/mol. The second kappa shape index (κ2) is 5.93. The van der Waals surface area contributed by atoms with Crippen LogP contribution in [0.15, 0.2) is 21.1 Å². The summed E-state index contributed by atoms with van der Waals surface area (Å²) in [5.41, 5.74) is 6.30. The van der Waals surface area contributed by atoms with Gasteiger partial charge in [-0.2, -0.15) is 0 Å². The van der Waals surface area contributed by atoms with E-state index in [1.165, 1.54) is 12.8 Å². The summed E-state index contributed by atoms with van der Waals surface area (Å²) in [5.74, 6) is 1.16. The summed E-state index contributed by atoms with van der Waals surface area (Å²) in [7, 11) is 0. The second-order valence-electron chi connectivity index (χ2n) is 4.35. The number of halogens is 2. The number of ether oxygens (including phenoxy) is 1. The van der Waals surface area contributed by atoms with Gasteiger partial charge < -0.3 is 15.8 Å². The first-order chi connectivity index (χ1) is 8.56. The number of hydrogen-bond donors (Lipinski definition) is 2. The molecule has 1 aromatic carbocycles. The van der Waals surface area contributed by atoms with E-state index < -0.39 is 0 Å². The molecule has 0 spiro atoms. The molecule has 6 heteroatoms. The summed E-state index contributed by atoms with van der Waals surface area (Å²) in [4.78, 5) is 11.5. The molecule has 0 bridgehead atoms. The topological polar surface area (TPSA) is 64.3 Å². The largest absolute Gasteiger partial charge is 0.481 e. The van der Waals surface area contributed by atoms with E-state index in [9.17, 15) is 4.79 Å². The molecule has 0 atom stereocenters. The Morgan fingerprint density at radius 1 is 1.39 bits per heavy atom. The standard InChI is InChI=1S/C12H14Br2N2O2/c13-9-3-8(15)4-10(14)12(9)18-6-11(17)16-5-7-1-2-7/h3-4,7H,1-2,5-6,15H2,(H,16,17). The normalized spacial score (nSPS) is 14.3. The number of rotatable bonds is 5. The Hall–Kier alpha value is -0.750. The molecule has 0 aromatic heterocycles. The Labute approximate surface area is 123 Å². The maximum absolute atomic E-state index is 11.5. The number of anilines is 1. The highest BCUT2D eigenvalue weighted by Gasteiger charge is 2.21. The van der Waals surface area contributed by atoms with Crippen LogP contribution in [0.1, 0.15) is 12.8 Å². The lowest BCUT2D eigenvalue weighted by atomic mass is 10.3. The molecule has 1 fully saturated rings. The minimum atomic E-state index is -0.0995.